The van der Waals surface area contributed by atoms with Gasteiger partial charge in [0.2, 0.25) is 0 Å². The van der Waals surface area contributed by atoms with Crippen LogP contribution in [0.5, 0.6) is 0 Å². The number of piperazine rings is 1. The lowest BCUT2D eigenvalue weighted by Gasteiger charge is -2.32. The summed E-state index contributed by atoms with van der Waals surface area (Å²) in [4.78, 5) is 16.6. The van der Waals surface area contributed by atoms with Gasteiger partial charge in [0.05, 0.1) is 13.0 Å². The Morgan fingerprint density at radius 1 is 1.10 bits per heavy atom. The van der Waals surface area contributed by atoms with Crippen molar-refractivity contribution in [1.29, 1.82) is 0 Å². The standard InChI is InChI=1S/C17H26N2O2/c1-18-10-12-19(13-11-18)9-6-14-21-17(20)15-16-7-4-2-3-5-8-16/h2-5,7-8,16H,6,9-15H2,1H3. The first-order valence-corrected chi connectivity index (χ1v) is 7.82. The Bertz CT molecular complexity index is 391. The first-order chi connectivity index (χ1) is 10.2. The molecule has 0 saturated carbocycles. The third-order valence-electron chi connectivity index (χ3n) is 3.93. The molecule has 4 heteroatoms. The maximum absolute atomic E-state index is 11.8. The smallest absolute Gasteiger partial charge is 0.306 e. The fourth-order valence-electron chi connectivity index (χ4n) is 2.54. The van der Waals surface area contributed by atoms with E-state index in [1.54, 1.807) is 0 Å². The molecule has 0 unspecified atom stereocenters. The largest absolute Gasteiger partial charge is 0.466 e. The first kappa shape index (κ1) is 16.0. The van der Waals surface area contributed by atoms with Crippen molar-refractivity contribution >= 4 is 5.97 Å². The summed E-state index contributed by atoms with van der Waals surface area (Å²) in [5, 5.41) is 0. The van der Waals surface area contributed by atoms with Crippen molar-refractivity contribution in [2.75, 3.05) is 46.4 Å². The molecule has 0 aromatic carbocycles. The van der Waals surface area contributed by atoms with Crippen LogP contribution in [0.1, 0.15) is 12.8 Å². The zero-order valence-corrected chi connectivity index (χ0v) is 12.9. The number of carbonyl (C=O) groups excluding carboxylic acids is 1. The zero-order chi connectivity index (χ0) is 14.9. The predicted molar refractivity (Wildman–Crippen MR) is 85.0 cm³/mol. The molecule has 0 bridgehead atoms. The molecule has 0 radical (unpaired) electrons. The van der Waals surface area contributed by atoms with Gasteiger partial charge >= 0.3 is 5.97 Å². The van der Waals surface area contributed by atoms with E-state index >= 15 is 0 Å². The molecular formula is C17H26N2O2. The SMILES string of the molecule is CN1CCN(CCCOC(=O)CC2C=CC=CC=C2)CC1. The summed E-state index contributed by atoms with van der Waals surface area (Å²) in [5.41, 5.74) is 0. The molecule has 0 atom stereocenters. The second kappa shape index (κ2) is 8.80. The van der Waals surface area contributed by atoms with Crippen LogP contribution in [-0.4, -0.2) is 62.1 Å². The van der Waals surface area contributed by atoms with Crippen LogP contribution in [0.15, 0.2) is 36.5 Å². The van der Waals surface area contributed by atoms with E-state index in [-0.39, 0.29) is 11.9 Å². The van der Waals surface area contributed by atoms with Gasteiger partial charge in [-0.05, 0) is 13.5 Å². The van der Waals surface area contributed by atoms with E-state index in [0.29, 0.717) is 13.0 Å². The fourth-order valence-corrected chi connectivity index (χ4v) is 2.54. The van der Waals surface area contributed by atoms with E-state index in [0.717, 1.165) is 39.1 Å². The number of ether oxygens (including phenoxy) is 1. The molecule has 0 spiro atoms. The lowest BCUT2D eigenvalue weighted by Crippen LogP contribution is -2.44. The van der Waals surface area contributed by atoms with Crippen molar-refractivity contribution in [3.8, 4) is 0 Å². The van der Waals surface area contributed by atoms with Crippen molar-refractivity contribution in [3.63, 3.8) is 0 Å². The molecule has 1 aliphatic heterocycles. The predicted octanol–water partition coefficient (Wildman–Crippen LogP) is 1.86. The quantitative estimate of drug-likeness (QED) is 0.552. The van der Waals surface area contributed by atoms with Gasteiger partial charge in [-0.25, -0.2) is 0 Å². The average molecular weight is 290 g/mol. The molecule has 116 valence electrons. The summed E-state index contributed by atoms with van der Waals surface area (Å²) >= 11 is 0. The third-order valence-corrected chi connectivity index (χ3v) is 3.93. The molecule has 0 aromatic rings. The van der Waals surface area contributed by atoms with E-state index in [9.17, 15) is 4.79 Å². The number of allylic oxidation sites excluding steroid dienone is 6. The number of carbonyl (C=O) groups is 1. The maximum Gasteiger partial charge on any atom is 0.306 e. The summed E-state index contributed by atoms with van der Waals surface area (Å²) in [6.45, 7) is 6.06. The van der Waals surface area contributed by atoms with Crippen LogP contribution in [0.2, 0.25) is 0 Å². The minimum atomic E-state index is -0.102. The zero-order valence-electron chi connectivity index (χ0n) is 12.9. The second-order valence-electron chi connectivity index (χ2n) is 5.74. The Morgan fingerprint density at radius 3 is 2.43 bits per heavy atom. The third kappa shape index (κ3) is 6.27. The molecule has 1 fully saturated rings. The van der Waals surface area contributed by atoms with Gasteiger partial charge in [0.25, 0.3) is 0 Å². The minimum absolute atomic E-state index is 0.102. The molecule has 1 heterocycles. The number of esters is 1. The molecule has 1 saturated heterocycles. The normalized spacial score (nSPS) is 20.6. The second-order valence-corrected chi connectivity index (χ2v) is 5.74. The van der Waals surface area contributed by atoms with Crippen molar-refractivity contribution in [2.45, 2.75) is 12.8 Å². The summed E-state index contributed by atoms with van der Waals surface area (Å²) in [5.74, 6) is 0.0553. The molecule has 1 aliphatic carbocycles. The Balaban J connectivity index is 1.55. The van der Waals surface area contributed by atoms with Gasteiger partial charge in [-0.15, -0.1) is 0 Å². The van der Waals surface area contributed by atoms with E-state index in [2.05, 4.69) is 16.8 Å². The van der Waals surface area contributed by atoms with Crippen molar-refractivity contribution in [2.24, 2.45) is 5.92 Å². The van der Waals surface area contributed by atoms with Gasteiger partial charge in [0.15, 0.2) is 0 Å². The van der Waals surface area contributed by atoms with Gasteiger partial charge in [0.1, 0.15) is 0 Å². The maximum atomic E-state index is 11.8. The minimum Gasteiger partial charge on any atom is -0.466 e. The summed E-state index contributed by atoms with van der Waals surface area (Å²) < 4.78 is 5.33. The number of rotatable bonds is 6. The molecular weight excluding hydrogens is 264 g/mol. The van der Waals surface area contributed by atoms with E-state index < -0.39 is 0 Å². The fraction of sp³-hybridized carbons (Fsp3) is 0.588. The summed E-state index contributed by atoms with van der Waals surface area (Å²) in [6.07, 6.45) is 13.3. The molecule has 0 amide bonds. The van der Waals surface area contributed by atoms with E-state index in [4.69, 9.17) is 4.74 Å². The lowest BCUT2D eigenvalue weighted by atomic mass is 10.1. The van der Waals surface area contributed by atoms with Crippen LogP contribution < -0.4 is 0 Å². The Labute approximate surface area is 127 Å². The molecule has 0 N–H and O–H groups in total. The van der Waals surface area contributed by atoms with Crippen LogP contribution in [0.25, 0.3) is 0 Å². The average Bonchev–Trinajstić information content (AvgIpc) is 2.74. The number of hydrogen-bond donors (Lipinski definition) is 0. The first-order valence-electron chi connectivity index (χ1n) is 7.82. The topological polar surface area (TPSA) is 32.8 Å². The van der Waals surface area contributed by atoms with Crippen LogP contribution in [0.3, 0.4) is 0 Å². The van der Waals surface area contributed by atoms with Crippen LogP contribution >= 0.6 is 0 Å². The van der Waals surface area contributed by atoms with Crippen molar-refractivity contribution < 1.29 is 9.53 Å². The monoisotopic (exact) mass is 290 g/mol. The van der Waals surface area contributed by atoms with Gasteiger partial charge in [-0.2, -0.15) is 0 Å². The molecule has 4 nitrogen and oxygen atoms in total. The summed E-state index contributed by atoms with van der Waals surface area (Å²) in [7, 11) is 2.16. The summed E-state index contributed by atoms with van der Waals surface area (Å²) in [6, 6.07) is 0. The van der Waals surface area contributed by atoms with Crippen LogP contribution in [0.4, 0.5) is 0 Å². The molecule has 0 aromatic heterocycles. The van der Waals surface area contributed by atoms with Crippen molar-refractivity contribution in [3.05, 3.63) is 36.5 Å². The highest BCUT2D eigenvalue weighted by Gasteiger charge is 2.14. The highest BCUT2D eigenvalue weighted by Crippen LogP contribution is 2.11. The van der Waals surface area contributed by atoms with Gasteiger partial charge in [-0.1, -0.05) is 36.5 Å². The van der Waals surface area contributed by atoms with Crippen LogP contribution in [-0.2, 0) is 9.53 Å². The highest BCUT2D eigenvalue weighted by atomic mass is 16.5. The van der Waals surface area contributed by atoms with Crippen LogP contribution in [0, 0.1) is 5.92 Å². The van der Waals surface area contributed by atoms with E-state index in [1.165, 1.54) is 0 Å². The Hall–Kier alpha value is -1.39. The number of hydrogen-bond acceptors (Lipinski definition) is 4. The molecule has 21 heavy (non-hydrogen) atoms. The molecule has 2 aliphatic rings. The lowest BCUT2D eigenvalue weighted by molar-refractivity contribution is -0.144. The van der Waals surface area contributed by atoms with E-state index in [1.807, 2.05) is 36.5 Å². The Kier molecular flexibility index (Phi) is 6.70. The number of likely N-dealkylation sites (N-methyl/N-ethyl adjacent to an activating group) is 1. The molecule has 2 rings (SSSR count). The highest BCUT2D eigenvalue weighted by molar-refractivity contribution is 5.70. The van der Waals surface area contributed by atoms with Gasteiger partial charge in [0, 0.05) is 38.6 Å². The number of nitrogens with zero attached hydrogens (tertiary/aromatic N) is 2. The van der Waals surface area contributed by atoms with Gasteiger partial charge < -0.3 is 14.5 Å². The van der Waals surface area contributed by atoms with Crippen molar-refractivity contribution in [1.82, 2.24) is 9.80 Å². The van der Waals surface area contributed by atoms with Gasteiger partial charge in [-0.3, -0.25) is 4.79 Å². The Morgan fingerprint density at radius 2 is 1.76 bits per heavy atom.